The van der Waals surface area contributed by atoms with Crippen molar-refractivity contribution in [2.45, 2.75) is 66.2 Å². The molecule has 2 aliphatic rings. The third-order valence-corrected chi connectivity index (χ3v) is 5.27. The number of hydrogen-bond donors (Lipinski definition) is 0. The van der Waals surface area contributed by atoms with Crippen molar-refractivity contribution >= 4 is 35.6 Å². The molecular weight excluding hydrogens is 492 g/mol. The van der Waals surface area contributed by atoms with Crippen LogP contribution < -0.4 is 0 Å². The number of rotatable bonds is 16. The first-order chi connectivity index (χ1) is 17.3. The van der Waals surface area contributed by atoms with E-state index in [0.29, 0.717) is 36.6 Å². The van der Waals surface area contributed by atoms with E-state index >= 15 is 0 Å². The molecule has 2 fully saturated rings. The molecule has 0 unspecified atom stereocenters. The molecule has 0 bridgehead atoms. The molecule has 2 heterocycles. The van der Waals surface area contributed by atoms with Crippen LogP contribution in [-0.2, 0) is 52.7 Å². The predicted octanol–water partition coefficient (Wildman–Crippen LogP) is 1.08. The van der Waals surface area contributed by atoms with Crippen LogP contribution in [0.15, 0.2) is 0 Å². The van der Waals surface area contributed by atoms with Crippen molar-refractivity contribution in [3.63, 3.8) is 0 Å². The van der Waals surface area contributed by atoms with E-state index in [1.54, 1.807) is 0 Å². The fraction of sp³-hybridized carbons (Fsp3) is 0.750. The van der Waals surface area contributed by atoms with E-state index in [1.165, 1.54) is 0 Å². The highest BCUT2D eigenvalue weighted by Gasteiger charge is 2.33. The van der Waals surface area contributed by atoms with Gasteiger partial charge in [0.05, 0.1) is 52.5 Å². The fourth-order valence-corrected chi connectivity index (χ4v) is 3.31. The number of imide groups is 2. The fourth-order valence-electron chi connectivity index (χ4n) is 3.31. The molecule has 208 valence electrons. The maximum atomic E-state index is 11.8. The van der Waals surface area contributed by atoms with Crippen LogP contribution in [0.3, 0.4) is 0 Å². The number of carbonyl (C=O) groups is 6. The molecule has 2 aliphatic heterocycles. The average molecular weight is 529 g/mol. The van der Waals surface area contributed by atoms with Crippen LogP contribution in [0.4, 0.5) is 0 Å². The van der Waals surface area contributed by atoms with Gasteiger partial charge in [0.25, 0.3) is 23.6 Å². The molecule has 0 aromatic carbocycles. The highest BCUT2D eigenvalue weighted by atomic mass is 16.7. The van der Waals surface area contributed by atoms with Gasteiger partial charge < -0.3 is 23.9 Å². The van der Waals surface area contributed by atoms with Crippen LogP contribution in [0.25, 0.3) is 0 Å². The monoisotopic (exact) mass is 528 g/mol. The second kappa shape index (κ2) is 13.6. The summed E-state index contributed by atoms with van der Waals surface area (Å²) in [6.45, 7) is 9.28. The average Bonchev–Trinajstić information content (AvgIpc) is 3.29. The molecule has 0 atom stereocenters. The van der Waals surface area contributed by atoms with E-state index in [1.807, 2.05) is 27.7 Å². The van der Waals surface area contributed by atoms with Crippen LogP contribution in [-0.4, -0.2) is 85.3 Å². The summed E-state index contributed by atoms with van der Waals surface area (Å²) >= 11 is 0. The van der Waals surface area contributed by atoms with Crippen LogP contribution in [0.5, 0.6) is 0 Å². The molecule has 13 nitrogen and oxygen atoms in total. The molecule has 0 spiro atoms. The van der Waals surface area contributed by atoms with E-state index < -0.39 is 35.6 Å². The second-order valence-corrected chi connectivity index (χ2v) is 10.5. The Morgan fingerprint density at radius 1 is 0.595 bits per heavy atom. The molecule has 37 heavy (non-hydrogen) atoms. The van der Waals surface area contributed by atoms with E-state index in [-0.39, 0.29) is 62.6 Å². The summed E-state index contributed by atoms with van der Waals surface area (Å²) in [5.74, 6) is -3.54. The maximum Gasteiger partial charge on any atom is 0.335 e. The van der Waals surface area contributed by atoms with Crippen LogP contribution in [0.2, 0.25) is 0 Å². The van der Waals surface area contributed by atoms with Crippen molar-refractivity contribution in [2.75, 3.05) is 39.6 Å². The molecule has 4 amide bonds. The number of hydrogen-bond acceptors (Lipinski definition) is 11. The number of carbonyl (C=O) groups excluding carboxylic acids is 6. The maximum absolute atomic E-state index is 11.8. The van der Waals surface area contributed by atoms with Crippen molar-refractivity contribution in [1.82, 2.24) is 10.1 Å². The molecule has 0 saturated carbocycles. The van der Waals surface area contributed by atoms with Gasteiger partial charge in [-0.15, -0.1) is 10.1 Å². The molecule has 0 N–H and O–H groups in total. The lowest BCUT2D eigenvalue weighted by Gasteiger charge is -2.29. The second-order valence-electron chi connectivity index (χ2n) is 10.5. The predicted molar refractivity (Wildman–Crippen MR) is 124 cm³/mol. The van der Waals surface area contributed by atoms with Crippen molar-refractivity contribution in [1.29, 1.82) is 0 Å². The van der Waals surface area contributed by atoms with Gasteiger partial charge in [-0.25, -0.2) is 9.59 Å². The highest BCUT2D eigenvalue weighted by molar-refractivity contribution is 6.02. The normalized spacial score (nSPS) is 16.6. The number of hydroxylamine groups is 4. The molecule has 0 aliphatic carbocycles. The Morgan fingerprint density at radius 2 is 0.892 bits per heavy atom. The lowest BCUT2D eigenvalue weighted by Crippen LogP contribution is -2.33. The van der Waals surface area contributed by atoms with Gasteiger partial charge in [-0.3, -0.25) is 19.2 Å². The summed E-state index contributed by atoms with van der Waals surface area (Å²) in [6, 6.07) is 0. The zero-order chi connectivity index (χ0) is 27.6. The topological polar surface area (TPSA) is 155 Å². The van der Waals surface area contributed by atoms with Gasteiger partial charge in [-0.1, -0.05) is 27.7 Å². The Kier molecular flexibility index (Phi) is 11.1. The Labute approximate surface area is 215 Å². The zero-order valence-electron chi connectivity index (χ0n) is 21.9. The van der Waals surface area contributed by atoms with Gasteiger partial charge in [-0.2, -0.15) is 0 Å². The molecule has 2 rings (SSSR count). The van der Waals surface area contributed by atoms with Gasteiger partial charge in [0.2, 0.25) is 0 Å². The number of ether oxygens (including phenoxy) is 3. The summed E-state index contributed by atoms with van der Waals surface area (Å²) in [5.41, 5.74) is -0.703. The SMILES string of the molecule is CC(C)(COCCC(=O)ON1C(=O)CCC1=O)COCC(C)(C)COCCC(=O)ON1C(=O)CCC1=O. The van der Waals surface area contributed by atoms with Gasteiger partial charge in [0.1, 0.15) is 0 Å². The van der Waals surface area contributed by atoms with Crippen LogP contribution in [0, 0.1) is 10.8 Å². The molecular formula is C24H36N2O11. The summed E-state index contributed by atoms with van der Waals surface area (Å²) in [5, 5.41) is 1.02. The van der Waals surface area contributed by atoms with Crippen LogP contribution >= 0.6 is 0 Å². The molecule has 13 heteroatoms. The third kappa shape index (κ3) is 10.5. The zero-order valence-corrected chi connectivity index (χ0v) is 21.9. The highest BCUT2D eigenvalue weighted by Crippen LogP contribution is 2.21. The summed E-state index contributed by atoms with van der Waals surface area (Å²) in [4.78, 5) is 79.0. The van der Waals surface area contributed by atoms with Gasteiger partial charge in [0.15, 0.2) is 0 Å². The van der Waals surface area contributed by atoms with E-state index in [9.17, 15) is 28.8 Å². The summed E-state index contributed by atoms with van der Waals surface area (Å²) < 4.78 is 16.9. The number of amides is 4. The third-order valence-electron chi connectivity index (χ3n) is 5.27. The van der Waals surface area contributed by atoms with Crippen molar-refractivity contribution in [3.05, 3.63) is 0 Å². The molecule has 2 saturated heterocycles. The van der Waals surface area contributed by atoms with E-state index in [0.717, 1.165) is 0 Å². The Morgan fingerprint density at radius 3 is 1.22 bits per heavy atom. The molecule has 0 radical (unpaired) electrons. The lowest BCUT2D eigenvalue weighted by atomic mass is 9.94. The Bertz CT molecular complexity index is 782. The minimum atomic E-state index is -0.717. The lowest BCUT2D eigenvalue weighted by molar-refractivity contribution is -0.198. The van der Waals surface area contributed by atoms with Gasteiger partial charge in [-0.05, 0) is 0 Å². The quantitative estimate of drug-likeness (QED) is 0.209. The standard InChI is InChI=1S/C24H36N2O11/c1-23(2,13-33-11-9-21(31)36-25-17(27)5-6-18(25)28)15-35-16-24(3,4)14-34-12-10-22(32)37-26-19(29)7-8-20(26)30/h5-16H2,1-4H3. The first-order valence-electron chi connectivity index (χ1n) is 12.2. The van der Waals surface area contributed by atoms with E-state index in [4.69, 9.17) is 23.9 Å². The minimum absolute atomic E-state index is 0.0412. The molecule has 0 aromatic rings. The first kappa shape index (κ1) is 30.3. The largest absolute Gasteiger partial charge is 0.380 e. The minimum Gasteiger partial charge on any atom is -0.380 e. The summed E-state index contributed by atoms with van der Waals surface area (Å²) in [7, 11) is 0. The summed E-state index contributed by atoms with van der Waals surface area (Å²) in [6.07, 6.45) is -0.0363. The van der Waals surface area contributed by atoms with Gasteiger partial charge >= 0.3 is 11.9 Å². The smallest absolute Gasteiger partial charge is 0.335 e. The van der Waals surface area contributed by atoms with Gasteiger partial charge in [0, 0.05) is 36.5 Å². The van der Waals surface area contributed by atoms with E-state index in [2.05, 4.69) is 0 Å². The van der Waals surface area contributed by atoms with Crippen molar-refractivity contribution < 1.29 is 52.7 Å². The Hall–Kier alpha value is -2.90. The van der Waals surface area contributed by atoms with Crippen LogP contribution in [0.1, 0.15) is 66.2 Å². The molecule has 0 aromatic heterocycles. The Balaban J connectivity index is 1.54. The van der Waals surface area contributed by atoms with Crippen molar-refractivity contribution in [3.8, 4) is 0 Å². The number of nitrogens with zero attached hydrogens (tertiary/aromatic N) is 2. The first-order valence-corrected chi connectivity index (χ1v) is 12.2. The van der Waals surface area contributed by atoms with Crippen molar-refractivity contribution in [2.24, 2.45) is 10.8 Å².